The lowest BCUT2D eigenvalue weighted by Gasteiger charge is -2.01. The second-order valence-electron chi connectivity index (χ2n) is 6.62. The zero-order valence-electron chi connectivity index (χ0n) is 16.5. The maximum Gasteiger partial charge on any atom is 0.354 e. The summed E-state index contributed by atoms with van der Waals surface area (Å²) in [4.78, 5) is 22.1. The lowest BCUT2D eigenvalue weighted by atomic mass is 10.2. The van der Waals surface area contributed by atoms with Gasteiger partial charge in [-0.05, 0) is 24.3 Å². The van der Waals surface area contributed by atoms with Gasteiger partial charge in [0.05, 0.1) is 18.1 Å². The summed E-state index contributed by atoms with van der Waals surface area (Å²) in [5.74, 6) is -5.51. The van der Waals surface area contributed by atoms with Gasteiger partial charge < -0.3 is 19.0 Å². The summed E-state index contributed by atoms with van der Waals surface area (Å²) in [7, 11) is 4.33. The number of rotatable bonds is 2. The molecule has 0 fully saturated rings. The SMILES string of the molecule is COC(=O)c1cc2cc(F)c(F)cc2n1C.Cn1c(C(=O)O)cc2cc(F)c(F)cc21. The van der Waals surface area contributed by atoms with E-state index >= 15 is 0 Å². The maximum absolute atomic E-state index is 13.0. The number of carbonyl (C=O) groups is 2. The van der Waals surface area contributed by atoms with Gasteiger partial charge in [-0.25, -0.2) is 27.2 Å². The van der Waals surface area contributed by atoms with Gasteiger partial charge in [-0.2, -0.15) is 0 Å². The molecule has 2 aromatic carbocycles. The van der Waals surface area contributed by atoms with Crippen LogP contribution in [-0.4, -0.2) is 33.3 Å². The van der Waals surface area contributed by atoms with Gasteiger partial charge in [0.1, 0.15) is 11.4 Å². The quantitative estimate of drug-likeness (QED) is 0.374. The molecule has 6 nitrogen and oxygen atoms in total. The van der Waals surface area contributed by atoms with E-state index in [0.29, 0.717) is 21.8 Å². The molecule has 4 rings (SSSR count). The topological polar surface area (TPSA) is 73.5 Å². The van der Waals surface area contributed by atoms with Crippen molar-refractivity contribution in [1.29, 1.82) is 0 Å². The summed E-state index contributed by atoms with van der Waals surface area (Å²) in [6.07, 6.45) is 0. The van der Waals surface area contributed by atoms with Gasteiger partial charge in [0.15, 0.2) is 23.3 Å². The van der Waals surface area contributed by atoms with Crippen molar-refractivity contribution >= 4 is 33.7 Å². The van der Waals surface area contributed by atoms with Crippen molar-refractivity contribution in [1.82, 2.24) is 9.13 Å². The van der Waals surface area contributed by atoms with E-state index in [-0.39, 0.29) is 11.4 Å². The van der Waals surface area contributed by atoms with Crippen LogP contribution in [0.5, 0.6) is 0 Å². The lowest BCUT2D eigenvalue weighted by molar-refractivity contribution is 0.0589. The number of hydrogen-bond acceptors (Lipinski definition) is 3. The predicted octanol–water partition coefficient (Wildman–Crippen LogP) is 4.40. The fourth-order valence-corrected chi connectivity index (χ4v) is 3.17. The standard InChI is InChI=1S/C11H9F2NO2.C10H7F2NO2/c1-14-9-5-8(13)7(12)3-6(9)4-10(14)11(15)16-2;1-13-8-4-7(12)6(11)2-5(8)3-9(13)10(14)15/h3-5H,1-2H3;2-4H,1H3,(H,14,15). The second-order valence-corrected chi connectivity index (χ2v) is 6.62. The molecule has 0 saturated heterocycles. The highest BCUT2D eigenvalue weighted by Crippen LogP contribution is 2.23. The molecule has 0 spiro atoms. The van der Waals surface area contributed by atoms with E-state index in [1.54, 1.807) is 7.05 Å². The van der Waals surface area contributed by atoms with Crippen molar-refractivity contribution in [3.63, 3.8) is 0 Å². The first-order valence-electron chi connectivity index (χ1n) is 8.75. The molecule has 0 amide bonds. The smallest absolute Gasteiger partial charge is 0.354 e. The van der Waals surface area contributed by atoms with Crippen LogP contribution < -0.4 is 0 Å². The third-order valence-electron chi connectivity index (χ3n) is 4.78. The van der Waals surface area contributed by atoms with E-state index in [1.807, 2.05) is 0 Å². The molecule has 0 radical (unpaired) electrons. The Labute approximate surface area is 172 Å². The molecule has 1 N–H and O–H groups in total. The van der Waals surface area contributed by atoms with Gasteiger partial charge >= 0.3 is 11.9 Å². The number of aromatic nitrogens is 2. The van der Waals surface area contributed by atoms with Crippen LogP contribution in [0.15, 0.2) is 36.4 Å². The third kappa shape index (κ3) is 3.96. The number of esters is 1. The monoisotopic (exact) mass is 436 g/mol. The number of fused-ring (bicyclic) bond motifs is 2. The van der Waals surface area contributed by atoms with Gasteiger partial charge in [-0.15, -0.1) is 0 Å². The number of benzene rings is 2. The molecule has 2 heterocycles. The summed E-state index contributed by atoms with van der Waals surface area (Å²) in [5, 5.41) is 9.63. The third-order valence-corrected chi connectivity index (χ3v) is 4.78. The minimum atomic E-state index is -1.13. The summed E-state index contributed by atoms with van der Waals surface area (Å²) >= 11 is 0. The van der Waals surface area contributed by atoms with E-state index in [1.165, 1.54) is 35.4 Å². The normalized spacial score (nSPS) is 10.8. The average Bonchev–Trinajstić information content (AvgIpc) is 3.20. The molecule has 10 heteroatoms. The van der Waals surface area contributed by atoms with E-state index in [9.17, 15) is 27.2 Å². The van der Waals surface area contributed by atoms with Crippen LogP contribution >= 0.6 is 0 Å². The number of carboxylic acid groups (broad SMARTS) is 1. The Morgan fingerprint density at radius 3 is 1.55 bits per heavy atom. The first kappa shape index (κ1) is 21.9. The number of aromatic carboxylic acids is 1. The minimum absolute atomic E-state index is 0.00463. The highest BCUT2D eigenvalue weighted by atomic mass is 19.2. The van der Waals surface area contributed by atoms with Gasteiger partial charge in [-0.1, -0.05) is 0 Å². The Morgan fingerprint density at radius 2 is 1.13 bits per heavy atom. The molecular weight excluding hydrogens is 420 g/mol. The predicted molar refractivity (Wildman–Crippen MR) is 104 cm³/mol. The zero-order chi connectivity index (χ0) is 23.0. The molecule has 31 heavy (non-hydrogen) atoms. The van der Waals surface area contributed by atoms with Crippen LogP contribution in [0, 0.1) is 23.3 Å². The zero-order valence-corrected chi connectivity index (χ0v) is 16.5. The molecule has 0 aliphatic heterocycles. The Balaban J connectivity index is 0.000000176. The number of halogens is 4. The van der Waals surface area contributed by atoms with Gasteiger partial charge in [0.2, 0.25) is 0 Å². The minimum Gasteiger partial charge on any atom is -0.477 e. The van der Waals surface area contributed by atoms with E-state index in [2.05, 4.69) is 4.74 Å². The van der Waals surface area contributed by atoms with Gasteiger partial charge in [0.25, 0.3) is 0 Å². The summed E-state index contributed by atoms with van der Waals surface area (Å²) in [6.45, 7) is 0. The second kappa shape index (κ2) is 8.13. The van der Waals surface area contributed by atoms with Gasteiger partial charge in [0, 0.05) is 37.0 Å². The van der Waals surface area contributed by atoms with E-state index in [0.717, 1.165) is 24.3 Å². The van der Waals surface area contributed by atoms with Crippen molar-refractivity contribution < 1.29 is 37.0 Å². The summed E-state index contributed by atoms with van der Waals surface area (Å²) < 4.78 is 59.1. The number of carbonyl (C=O) groups excluding carboxylic acids is 1. The van der Waals surface area contributed by atoms with Crippen LogP contribution in [0.2, 0.25) is 0 Å². The van der Waals surface area contributed by atoms with Crippen LogP contribution in [0.25, 0.3) is 21.8 Å². The molecule has 2 aromatic heterocycles. The Bertz CT molecular complexity index is 1340. The Hall–Kier alpha value is -3.82. The fourth-order valence-electron chi connectivity index (χ4n) is 3.17. The first-order valence-corrected chi connectivity index (χ1v) is 8.75. The van der Waals surface area contributed by atoms with Crippen molar-refractivity contribution in [2.24, 2.45) is 14.1 Å². The highest BCUT2D eigenvalue weighted by Gasteiger charge is 2.16. The molecule has 162 valence electrons. The lowest BCUT2D eigenvalue weighted by Crippen LogP contribution is -2.06. The average molecular weight is 436 g/mol. The van der Waals surface area contributed by atoms with Crippen LogP contribution in [0.4, 0.5) is 17.6 Å². The largest absolute Gasteiger partial charge is 0.477 e. The maximum atomic E-state index is 13.0. The summed E-state index contributed by atoms with van der Waals surface area (Å²) in [6, 6.07) is 6.84. The number of carboxylic acids is 1. The van der Waals surface area contributed by atoms with Crippen molar-refractivity contribution in [2.75, 3.05) is 7.11 Å². The summed E-state index contributed by atoms with van der Waals surface area (Å²) in [5.41, 5.74) is 1.04. The van der Waals surface area contributed by atoms with E-state index in [4.69, 9.17) is 5.11 Å². The Morgan fingerprint density at radius 1 is 0.742 bits per heavy atom. The highest BCUT2D eigenvalue weighted by molar-refractivity contribution is 5.96. The number of nitrogens with zero attached hydrogens (tertiary/aromatic N) is 2. The van der Waals surface area contributed by atoms with Crippen LogP contribution in [-0.2, 0) is 18.8 Å². The number of aryl methyl sites for hydroxylation is 2. The Kier molecular flexibility index (Phi) is 5.74. The van der Waals surface area contributed by atoms with Gasteiger partial charge in [-0.3, -0.25) is 0 Å². The van der Waals surface area contributed by atoms with Crippen LogP contribution in [0.1, 0.15) is 21.0 Å². The molecule has 0 unspecified atom stereocenters. The number of hydrogen-bond donors (Lipinski definition) is 1. The first-order chi connectivity index (χ1) is 14.5. The molecule has 0 bridgehead atoms. The molecule has 0 aliphatic rings. The molecule has 4 aromatic rings. The number of ether oxygens (including phenoxy) is 1. The number of methoxy groups -OCH3 is 1. The fraction of sp³-hybridized carbons (Fsp3) is 0.143. The molecular formula is C21H16F4N2O4. The molecule has 0 atom stereocenters. The van der Waals surface area contributed by atoms with Crippen molar-refractivity contribution in [2.45, 2.75) is 0 Å². The van der Waals surface area contributed by atoms with Crippen molar-refractivity contribution in [3.8, 4) is 0 Å². The molecule has 0 saturated carbocycles. The molecule has 0 aliphatic carbocycles. The van der Waals surface area contributed by atoms with Crippen LogP contribution in [0.3, 0.4) is 0 Å². The van der Waals surface area contributed by atoms with Crippen molar-refractivity contribution in [3.05, 3.63) is 71.1 Å². The van der Waals surface area contributed by atoms with E-state index < -0.39 is 35.2 Å².